The highest BCUT2D eigenvalue weighted by Crippen LogP contribution is 2.27. The molecule has 210 valence electrons. The number of aromatic nitrogens is 4. The van der Waals surface area contributed by atoms with Gasteiger partial charge in [-0.15, -0.1) is 0 Å². The van der Waals surface area contributed by atoms with Gasteiger partial charge in [0, 0.05) is 35.9 Å². The van der Waals surface area contributed by atoms with Gasteiger partial charge in [0.15, 0.2) is 0 Å². The number of aromatic amines is 2. The van der Waals surface area contributed by atoms with Crippen LogP contribution in [0.2, 0.25) is 0 Å². The van der Waals surface area contributed by atoms with Gasteiger partial charge in [0.25, 0.3) is 11.5 Å². The summed E-state index contributed by atoms with van der Waals surface area (Å²) < 4.78 is 14.8. The van der Waals surface area contributed by atoms with Crippen molar-refractivity contribution < 1.29 is 9.18 Å². The fourth-order valence-electron chi connectivity index (χ4n) is 5.67. The van der Waals surface area contributed by atoms with E-state index in [1.807, 2.05) is 6.07 Å². The van der Waals surface area contributed by atoms with Crippen LogP contribution in [-0.4, -0.2) is 43.6 Å². The fraction of sp³-hybridized carbons (Fsp3) is 0.281. The van der Waals surface area contributed by atoms with Crippen LogP contribution in [0.15, 0.2) is 78.0 Å². The number of nitrogens with zero attached hydrogens (tertiary/aromatic N) is 3. The molecule has 0 atom stereocenters. The van der Waals surface area contributed by atoms with Gasteiger partial charge in [-0.2, -0.15) is 5.10 Å². The Morgan fingerprint density at radius 2 is 1.85 bits per heavy atom. The summed E-state index contributed by atoms with van der Waals surface area (Å²) in [7, 11) is 2.21. The number of amides is 1. The largest absolute Gasteiger partial charge is 0.354 e. The van der Waals surface area contributed by atoms with E-state index in [1.54, 1.807) is 29.1 Å². The number of H-pyrrole nitrogens is 2. The van der Waals surface area contributed by atoms with Crippen molar-refractivity contribution in [1.82, 2.24) is 24.6 Å². The molecule has 0 saturated heterocycles. The number of pyridine rings is 1. The average Bonchev–Trinajstić information content (AvgIpc) is 3.63. The molecule has 0 aliphatic heterocycles. The van der Waals surface area contributed by atoms with Crippen molar-refractivity contribution in [1.29, 1.82) is 0 Å². The Morgan fingerprint density at radius 3 is 2.66 bits per heavy atom. The van der Waals surface area contributed by atoms with Crippen molar-refractivity contribution in [3.05, 3.63) is 106 Å². The maximum Gasteiger partial charge on any atom is 0.258 e. The van der Waals surface area contributed by atoms with Crippen molar-refractivity contribution in [2.75, 3.05) is 12.4 Å². The third kappa shape index (κ3) is 6.15. The van der Waals surface area contributed by atoms with Crippen LogP contribution in [0.4, 0.5) is 10.1 Å². The first-order valence-electron chi connectivity index (χ1n) is 14.0. The highest BCUT2D eigenvalue weighted by atomic mass is 19.1. The van der Waals surface area contributed by atoms with E-state index >= 15 is 0 Å². The van der Waals surface area contributed by atoms with E-state index in [4.69, 9.17) is 0 Å². The van der Waals surface area contributed by atoms with Gasteiger partial charge in [-0.25, -0.2) is 4.39 Å². The molecule has 1 aliphatic rings. The number of rotatable bonds is 8. The Hall–Kier alpha value is -4.50. The molecule has 3 heterocycles. The molecule has 9 heteroatoms. The normalized spacial score (nSPS) is 14.1. The molecule has 41 heavy (non-hydrogen) atoms. The Kier molecular flexibility index (Phi) is 7.52. The standard InChI is InChI=1S/C32H33FN6O2/c1-38(27-5-3-2-4-6-27)18-22-9-12-29-23(13-22)14-30(37-29)28-15-26(17-34-32(28)41)36-31(40)24-16-35-39(20-24)19-21-7-10-25(33)11-8-21/h7-17,20,27,37H,2-6,18-19H2,1H3,(H,34,41)(H,36,40). The Labute approximate surface area is 237 Å². The molecule has 1 amide bonds. The van der Waals surface area contributed by atoms with Gasteiger partial charge in [-0.05, 0) is 67.4 Å². The van der Waals surface area contributed by atoms with E-state index in [0.29, 0.717) is 35.1 Å². The van der Waals surface area contributed by atoms with E-state index in [1.165, 1.54) is 62.2 Å². The lowest BCUT2D eigenvalue weighted by atomic mass is 9.94. The fourth-order valence-corrected chi connectivity index (χ4v) is 5.67. The lowest BCUT2D eigenvalue weighted by Crippen LogP contribution is -2.32. The van der Waals surface area contributed by atoms with E-state index < -0.39 is 0 Å². The van der Waals surface area contributed by atoms with E-state index in [2.05, 4.69) is 50.5 Å². The summed E-state index contributed by atoms with van der Waals surface area (Å²) in [5, 5.41) is 8.13. The lowest BCUT2D eigenvalue weighted by molar-refractivity contribution is 0.102. The first-order chi connectivity index (χ1) is 19.9. The zero-order valence-corrected chi connectivity index (χ0v) is 23.0. The molecule has 3 aromatic heterocycles. The maximum atomic E-state index is 13.2. The number of carbonyl (C=O) groups is 1. The lowest BCUT2D eigenvalue weighted by Gasteiger charge is -2.31. The Balaban J connectivity index is 1.16. The molecule has 1 aliphatic carbocycles. The molecular formula is C32H33FN6O2. The first-order valence-corrected chi connectivity index (χ1v) is 14.0. The minimum absolute atomic E-state index is 0.251. The van der Waals surface area contributed by atoms with Crippen molar-refractivity contribution in [2.24, 2.45) is 0 Å². The molecule has 1 saturated carbocycles. The van der Waals surface area contributed by atoms with Crippen LogP contribution in [0.1, 0.15) is 53.6 Å². The summed E-state index contributed by atoms with van der Waals surface area (Å²) in [5.41, 5.74) is 4.76. The van der Waals surface area contributed by atoms with Gasteiger partial charge in [0.05, 0.1) is 35.2 Å². The van der Waals surface area contributed by atoms with Crippen molar-refractivity contribution in [2.45, 2.75) is 51.2 Å². The van der Waals surface area contributed by atoms with Gasteiger partial charge >= 0.3 is 0 Å². The van der Waals surface area contributed by atoms with Crippen LogP contribution in [0, 0.1) is 5.82 Å². The van der Waals surface area contributed by atoms with Gasteiger partial charge in [0.2, 0.25) is 0 Å². The Bertz CT molecular complexity index is 1730. The van der Waals surface area contributed by atoms with Gasteiger partial charge < -0.3 is 15.3 Å². The molecule has 5 aromatic rings. The average molecular weight is 553 g/mol. The van der Waals surface area contributed by atoms with Crippen LogP contribution in [-0.2, 0) is 13.1 Å². The zero-order valence-electron chi connectivity index (χ0n) is 23.0. The van der Waals surface area contributed by atoms with Crippen LogP contribution >= 0.6 is 0 Å². The second-order valence-electron chi connectivity index (χ2n) is 10.9. The van der Waals surface area contributed by atoms with Gasteiger partial charge in [-0.3, -0.25) is 19.2 Å². The Morgan fingerprint density at radius 1 is 1.07 bits per heavy atom. The maximum absolute atomic E-state index is 13.2. The number of benzene rings is 2. The minimum Gasteiger partial charge on any atom is -0.354 e. The molecular weight excluding hydrogens is 519 g/mol. The van der Waals surface area contributed by atoms with E-state index in [9.17, 15) is 14.0 Å². The number of hydrogen-bond donors (Lipinski definition) is 3. The number of halogens is 1. The molecule has 0 bridgehead atoms. The highest BCUT2D eigenvalue weighted by molar-refractivity contribution is 6.04. The highest BCUT2D eigenvalue weighted by Gasteiger charge is 2.18. The molecule has 6 rings (SSSR count). The molecule has 0 unspecified atom stereocenters. The van der Waals surface area contributed by atoms with Crippen LogP contribution in [0.5, 0.6) is 0 Å². The molecule has 2 aromatic carbocycles. The molecule has 8 nitrogen and oxygen atoms in total. The summed E-state index contributed by atoms with van der Waals surface area (Å²) in [6, 6.07) is 16.8. The molecule has 0 radical (unpaired) electrons. The number of hydrogen-bond acceptors (Lipinski definition) is 4. The predicted octanol–water partition coefficient (Wildman–Crippen LogP) is 5.92. The number of nitrogens with one attached hydrogen (secondary N) is 3. The van der Waals surface area contributed by atoms with Crippen molar-refractivity contribution in [3.63, 3.8) is 0 Å². The molecule has 0 spiro atoms. The zero-order chi connectivity index (χ0) is 28.3. The van der Waals surface area contributed by atoms with Gasteiger partial charge in [-0.1, -0.05) is 37.5 Å². The van der Waals surface area contributed by atoms with Crippen LogP contribution in [0.25, 0.3) is 22.2 Å². The minimum atomic E-state index is -0.350. The second-order valence-corrected chi connectivity index (χ2v) is 10.9. The van der Waals surface area contributed by atoms with E-state index in [-0.39, 0.29) is 17.3 Å². The first kappa shape index (κ1) is 26.7. The second kappa shape index (κ2) is 11.5. The quantitative estimate of drug-likeness (QED) is 0.222. The summed E-state index contributed by atoms with van der Waals surface area (Å²) >= 11 is 0. The van der Waals surface area contributed by atoms with E-state index in [0.717, 1.165) is 23.0 Å². The SMILES string of the molecule is CN(Cc1ccc2[nH]c(-c3cc(NC(=O)c4cnn(Cc5ccc(F)cc5)c4)c[nH]c3=O)cc2c1)C1CCCCC1. The van der Waals surface area contributed by atoms with Gasteiger partial charge in [0.1, 0.15) is 5.82 Å². The number of carbonyl (C=O) groups excluding carboxylic acids is 1. The summed E-state index contributed by atoms with van der Waals surface area (Å²) in [5.74, 6) is -0.652. The van der Waals surface area contributed by atoms with Crippen LogP contribution < -0.4 is 10.9 Å². The predicted molar refractivity (Wildman–Crippen MR) is 158 cm³/mol. The van der Waals surface area contributed by atoms with Crippen LogP contribution in [0.3, 0.4) is 0 Å². The third-order valence-electron chi connectivity index (χ3n) is 7.92. The monoisotopic (exact) mass is 552 g/mol. The van der Waals surface area contributed by atoms with Crippen molar-refractivity contribution in [3.8, 4) is 11.3 Å². The smallest absolute Gasteiger partial charge is 0.258 e. The summed E-state index contributed by atoms with van der Waals surface area (Å²) in [4.78, 5) is 34.2. The molecule has 1 fully saturated rings. The topological polar surface area (TPSA) is 98.8 Å². The molecule has 3 N–H and O–H groups in total. The van der Waals surface area contributed by atoms with Crippen molar-refractivity contribution >= 4 is 22.5 Å². The summed E-state index contributed by atoms with van der Waals surface area (Å²) in [6.45, 7) is 1.30. The third-order valence-corrected chi connectivity index (χ3v) is 7.92. The number of anilines is 1. The summed E-state index contributed by atoms with van der Waals surface area (Å²) in [6.07, 6.45) is 11.1. The number of fused-ring (bicyclic) bond motifs is 1.